The molecule has 1 aliphatic heterocycles. The second-order valence-electron chi connectivity index (χ2n) is 6.15. The van der Waals surface area contributed by atoms with Crippen LogP contribution in [0, 0.1) is 5.82 Å². The van der Waals surface area contributed by atoms with Crippen LogP contribution in [0.3, 0.4) is 0 Å². The molecule has 1 aliphatic rings. The number of benzene rings is 3. The van der Waals surface area contributed by atoms with Crippen molar-refractivity contribution in [3.63, 3.8) is 0 Å². The van der Waals surface area contributed by atoms with Gasteiger partial charge in [-0.25, -0.2) is 4.39 Å². The third-order valence-corrected chi connectivity index (χ3v) is 5.44. The summed E-state index contributed by atoms with van der Waals surface area (Å²) in [6, 6.07) is 23.0. The fourth-order valence-electron chi connectivity index (χ4n) is 3.13. The highest BCUT2D eigenvalue weighted by molar-refractivity contribution is 9.10. The zero-order valence-corrected chi connectivity index (χ0v) is 16.9. The lowest BCUT2D eigenvalue weighted by atomic mass is 9.98. The monoisotopic (exact) mass is 472 g/mol. The molecule has 0 saturated heterocycles. The van der Waals surface area contributed by atoms with E-state index in [9.17, 15) is 4.39 Å². The van der Waals surface area contributed by atoms with Crippen molar-refractivity contribution < 1.29 is 4.39 Å². The van der Waals surface area contributed by atoms with Crippen LogP contribution < -0.4 is 5.01 Å². The highest BCUT2D eigenvalue weighted by Crippen LogP contribution is 2.37. The zero-order chi connectivity index (χ0) is 18.1. The number of hydrazone groups is 1. The van der Waals surface area contributed by atoms with Gasteiger partial charge in [0.2, 0.25) is 0 Å². The molecular weight excluding hydrogens is 459 g/mol. The fraction of sp³-hybridized carbons (Fsp3) is 0.0952. The van der Waals surface area contributed by atoms with Gasteiger partial charge in [-0.2, -0.15) is 5.10 Å². The van der Waals surface area contributed by atoms with E-state index in [0.29, 0.717) is 0 Å². The van der Waals surface area contributed by atoms with Crippen molar-refractivity contribution in [1.29, 1.82) is 0 Å². The molecule has 3 aromatic carbocycles. The third-order valence-electron chi connectivity index (χ3n) is 4.42. The first-order valence-electron chi connectivity index (χ1n) is 8.24. The highest BCUT2D eigenvalue weighted by atomic mass is 79.9. The average Bonchev–Trinajstić information content (AvgIpc) is 3.08. The van der Waals surface area contributed by atoms with E-state index in [1.165, 1.54) is 12.1 Å². The summed E-state index contributed by atoms with van der Waals surface area (Å²) >= 11 is 7.01. The Balaban J connectivity index is 1.75. The predicted molar refractivity (Wildman–Crippen MR) is 111 cm³/mol. The number of hydrogen-bond acceptors (Lipinski definition) is 2. The van der Waals surface area contributed by atoms with Gasteiger partial charge in [0.05, 0.1) is 17.4 Å². The standard InChI is InChI=1S/C21H15Br2FN2/c22-16-8-4-14(5-9-16)20-13-21(15-6-10-18(24)11-7-15)26(25-20)19-3-1-2-17(23)12-19/h1-12,21H,13H2/t21-/m1/s1. The summed E-state index contributed by atoms with van der Waals surface area (Å²) < 4.78 is 15.4. The normalized spacial score (nSPS) is 16.7. The quantitative estimate of drug-likeness (QED) is 0.412. The Morgan fingerprint density at radius 2 is 1.62 bits per heavy atom. The molecule has 0 saturated carbocycles. The summed E-state index contributed by atoms with van der Waals surface area (Å²) in [5, 5.41) is 6.92. The van der Waals surface area contributed by atoms with E-state index < -0.39 is 0 Å². The fourth-order valence-corrected chi connectivity index (χ4v) is 3.78. The zero-order valence-electron chi connectivity index (χ0n) is 13.7. The summed E-state index contributed by atoms with van der Waals surface area (Å²) in [5.74, 6) is -0.227. The smallest absolute Gasteiger partial charge is 0.123 e. The van der Waals surface area contributed by atoms with Gasteiger partial charge in [-0.05, 0) is 53.6 Å². The molecule has 0 aliphatic carbocycles. The van der Waals surface area contributed by atoms with Crippen LogP contribution in [0.5, 0.6) is 0 Å². The van der Waals surface area contributed by atoms with Crippen molar-refractivity contribution >= 4 is 43.3 Å². The van der Waals surface area contributed by atoms with Crippen LogP contribution in [0.1, 0.15) is 23.6 Å². The van der Waals surface area contributed by atoms with Crippen LogP contribution in [0.15, 0.2) is 86.8 Å². The molecule has 0 unspecified atom stereocenters. The van der Waals surface area contributed by atoms with E-state index in [1.807, 2.05) is 53.5 Å². The van der Waals surface area contributed by atoms with Crippen molar-refractivity contribution in [1.82, 2.24) is 0 Å². The van der Waals surface area contributed by atoms with Crippen molar-refractivity contribution in [3.05, 3.63) is 98.7 Å². The predicted octanol–water partition coefficient (Wildman–Crippen LogP) is 6.71. The molecule has 4 rings (SSSR count). The maximum Gasteiger partial charge on any atom is 0.123 e. The summed E-state index contributed by atoms with van der Waals surface area (Å²) in [6.45, 7) is 0. The van der Waals surface area contributed by atoms with E-state index in [0.717, 1.165) is 37.9 Å². The van der Waals surface area contributed by atoms with Gasteiger partial charge in [-0.1, -0.05) is 62.2 Å². The molecule has 1 heterocycles. The number of hydrogen-bond donors (Lipinski definition) is 0. The molecule has 0 spiro atoms. The Kier molecular flexibility index (Phi) is 4.92. The topological polar surface area (TPSA) is 15.6 Å². The van der Waals surface area contributed by atoms with Gasteiger partial charge in [0.25, 0.3) is 0 Å². The van der Waals surface area contributed by atoms with E-state index >= 15 is 0 Å². The summed E-state index contributed by atoms with van der Waals surface area (Å²) in [7, 11) is 0. The molecule has 2 nitrogen and oxygen atoms in total. The Labute approximate surface area is 168 Å². The lowest BCUT2D eigenvalue weighted by molar-refractivity contribution is 0.624. The van der Waals surface area contributed by atoms with Crippen molar-refractivity contribution in [2.24, 2.45) is 5.10 Å². The Hall–Kier alpha value is -1.98. The number of nitrogens with zero attached hydrogens (tertiary/aromatic N) is 2. The second-order valence-corrected chi connectivity index (χ2v) is 7.98. The molecule has 1 atom stereocenters. The Morgan fingerprint density at radius 3 is 2.31 bits per heavy atom. The SMILES string of the molecule is Fc1ccc([C@H]2CC(c3ccc(Br)cc3)=NN2c2cccc(Br)c2)cc1. The van der Waals surface area contributed by atoms with E-state index in [1.54, 1.807) is 0 Å². The van der Waals surface area contributed by atoms with Crippen molar-refractivity contribution in [2.45, 2.75) is 12.5 Å². The van der Waals surface area contributed by atoms with Crippen LogP contribution in [-0.4, -0.2) is 5.71 Å². The molecule has 3 aromatic rings. The minimum atomic E-state index is -0.227. The first-order valence-corrected chi connectivity index (χ1v) is 9.82. The highest BCUT2D eigenvalue weighted by Gasteiger charge is 2.30. The Morgan fingerprint density at radius 1 is 0.885 bits per heavy atom. The van der Waals surface area contributed by atoms with E-state index in [2.05, 4.69) is 44.0 Å². The van der Waals surface area contributed by atoms with Crippen LogP contribution in [0.25, 0.3) is 0 Å². The molecular formula is C21H15Br2FN2. The molecule has 5 heteroatoms. The van der Waals surface area contributed by atoms with Gasteiger partial charge in [0.15, 0.2) is 0 Å². The first kappa shape index (κ1) is 17.4. The summed E-state index contributed by atoms with van der Waals surface area (Å²) in [6.07, 6.45) is 0.764. The van der Waals surface area contributed by atoms with Gasteiger partial charge >= 0.3 is 0 Å². The van der Waals surface area contributed by atoms with Gasteiger partial charge in [-0.3, -0.25) is 5.01 Å². The maximum absolute atomic E-state index is 13.4. The van der Waals surface area contributed by atoms with Gasteiger partial charge in [0.1, 0.15) is 5.82 Å². The molecule has 130 valence electrons. The van der Waals surface area contributed by atoms with Crippen molar-refractivity contribution in [3.8, 4) is 0 Å². The van der Waals surface area contributed by atoms with Crippen molar-refractivity contribution in [2.75, 3.05) is 5.01 Å². The molecule has 0 bridgehead atoms. The van der Waals surface area contributed by atoms with E-state index in [-0.39, 0.29) is 11.9 Å². The third kappa shape index (κ3) is 3.60. The molecule has 0 fully saturated rings. The minimum Gasteiger partial charge on any atom is -0.257 e. The maximum atomic E-state index is 13.4. The van der Waals surface area contributed by atoms with Gasteiger partial charge in [0, 0.05) is 15.4 Å². The van der Waals surface area contributed by atoms with Gasteiger partial charge in [-0.15, -0.1) is 0 Å². The molecule has 0 radical (unpaired) electrons. The number of anilines is 1. The Bertz CT molecular complexity index is 953. The largest absolute Gasteiger partial charge is 0.257 e. The van der Waals surface area contributed by atoms with Crippen LogP contribution >= 0.6 is 31.9 Å². The summed E-state index contributed by atoms with van der Waals surface area (Å²) in [5.41, 5.74) is 4.16. The lowest BCUT2D eigenvalue weighted by Gasteiger charge is -2.24. The van der Waals surface area contributed by atoms with Crippen LogP contribution in [0.4, 0.5) is 10.1 Å². The second kappa shape index (κ2) is 7.33. The molecule has 0 N–H and O–H groups in total. The van der Waals surface area contributed by atoms with Crippen LogP contribution in [0.2, 0.25) is 0 Å². The first-order chi connectivity index (χ1) is 12.6. The molecule has 0 amide bonds. The van der Waals surface area contributed by atoms with Gasteiger partial charge < -0.3 is 0 Å². The van der Waals surface area contributed by atoms with E-state index in [4.69, 9.17) is 5.10 Å². The number of rotatable bonds is 3. The summed E-state index contributed by atoms with van der Waals surface area (Å²) in [4.78, 5) is 0. The molecule has 0 aromatic heterocycles. The molecule has 26 heavy (non-hydrogen) atoms. The lowest BCUT2D eigenvalue weighted by Crippen LogP contribution is -2.18. The van der Waals surface area contributed by atoms with Crippen LogP contribution in [-0.2, 0) is 0 Å². The minimum absolute atomic E-state index is 0.0311. The number of halogens is 3. The average molecular weight is 474 g/mol.